The van der Waals surface area contributed by atoms with Crippen LogP contribution < -0.4 is 5.73 Å². The number of primary amides is 1. The van der Waals surface area contributed by atoms with Gasteiger partial charge in [0.15, 0.2) is 0 Å². The molecule has 1 aromatic carbocycles. The SMILES string of the molecule is Cc1ccc(/C=C/C(N)=O)c(O)c1. The fourth-order valence-electron chi connectivity index (χ4n) is 0.967. The number of rotatable bonds is 2. The summed E-state index contributed by atoms with van der Waals surface area (Å²) in [6, 6.07) is 5.20. The summed E-state index contributed by atoms with van der Waals surface area (Å²) < 4.78 is 0. The van der Waals surface area contributed by atoms with Crippen molar-refractivity contribution < 1.29 is 9.90 Å². The van der Waals surface area contributed by atoms with Gasteiger partial charge in [-0.05, 0) is 24.6 Å². The van der Waals surface area contributed by atoms with Gasteiger partial charge in [-0.1, -0.05) is 12.1 Å². The van der Waals surface area contributed by atoms with Gasteiger partial charge in [0.2, 0.25) is 5.91 Å². The standard InChI is InChI=1S/C10H11NO2/c1-7-2-3-8(9(12)6-7)4-5-10(11)13/h2-6,12H,1H3,(H2,11,13)/b5-4+. The summed E-state index contributed by atoms with van der Waals surface area (Å²) in [6.07, 6.45) is 2.70. The van der Waals surface area contributed by atoms with Crippen LogP contribution >= 0.6 is 0 Å². The molecule has 0 aliphatic heterocycles. The van der Waals surface area contributed by atoms with Gasteiger partial charge in [0.05, 0.1) is 0 Å². The van der Waals surface area contributed by atoms with Crippen LogP contribution in [0.5, 0.6) is 5.75 Å². The summed E-state index contributed by atoms with van der Waals surface area (Å²) in [4.78, 5) is 10.4. The minimum absolute atomic E-state index is 0.150. The lowest BCUT2D eigenvalue weighted by molar-refractivity contribution is -0.113. The highest BCUT2D eigenvalue weighted by molar-refractivity contribution is 5.90. The quantitative estimate of drug-likeness (QED) is 0.666. The van der Waals surface area contributed by atoms with E-state index >= 15 is 0 Å². The van der Waals surface area contributed by atoms with Gasteiger partial charge in [-0.3, -0.25) is 4.79 Å². The zero-order chi connectivity index (χ0) is 9.84. The number of carbonyl (C=O) groups excluding carboxylic acids is 1. The average Bonchev–Trinajstić information content (AvgIpc) is 2.02. The largest absolute Gasteiger partial charge is 0.507 e. The lowest BCUT2D eigenvalue weighted by Gasteiger charge is -1.99. The van der Waals surface area contributed by atoms with Crippen molar-refractivity contribution in [2.45, 2.75) is 6.92 Å². The van der Waals surface area contributed by atoms with E-state index in [1.54, 1.807) is 12.1 Å². The summed E-state index contributed by atoms with van der Waals surface area (Å²) in [5, 5.41) is 9.40. The van der Waals surface area contributed by atoms with Crippen LogP contribution in [-0.4, -0.2) is 11.0 Å². The summed E-state index contributed by atoms with van der Waals surface area (Å²) in [5.41, 5.74) is 6.47. The van der Waals surface area contributed by atoms with Crippen LogP contribution in [0.3, 0.4) is 0 Å². The molecule has 0 heterocycles. The van der Waals surface area contributed by atoms with Crippen molar-refractivity contribution in [3.8, 4) is 5.75 Å². The Kier molecular flexibility index (Phi) is 2.69. The number of hydrogen-bond donors (Lipinski definition) is 2. The molecule has 1 aromatic rings. The Labute approximate surface area is 76.5 Å². The van der Waals surface area contributed by atoms with Gasteiger partial charge in [0, 0.05) is 11.6 Å². The molecule has 0 radical (unpaired) electrons. The molecule has 13 heavy (non-hydrogen) atoms. The Morgan fingerprint density at radius 1 is 1.54 bits per heavy atom. The highest BCUT2D eigenvalue weighted by Crippen LogP contribution is 2.19. The normalized spacial score (nSPS) is 10.5. The Balaban J connectivity index is 2.96. The third-order valence-electron chi connectivity index (χ3n) is 1.61. The smallest absolute Gasteiger partial charge is 0.241 e. The minimum Gasteiger partial charge on any atom is -0.507 e. The van der Waals surface area contributed by atoms with Crippen molar-refractivity contribution in [1.82, 2.24) is 0 Å². The van der Waals surface area contributed by atoms with Gasteiger partial charge in [-0.2, -0.15) is 0 Å². The molecule has 0 aliphatic rings. The van der Waals surface area contributed by atoms with Crippen molar-refractivity contribution in [3.05, 3.63) is 35.4 Å². The third kappa shape index (κ3) is 2.63. The van der Waals surface area contributed by atoms with Gasteiger partial charge in [-0.15, -0.1) is 0 Å². The number of benzene rings is 1. The van der Waals surface area contributed by atoms with Crippen LogP contribution in [0.15, 0.2) is 24.3 Å². The molecule has 3 N–H and O–H groups in total. The van der Waals surface area contributed by atoms with E-state index in [4.69, 9.17) is 5.73 Å². The van der Waals surface area contributed by atoms with E-state index in [2.05, 4.69) is 0 Å². The first-order valence-corrected chi connectivity index (χ1v) is 3.87. The molecule has 0 spiro atoms. The Morgan fingerprint density at radius 3 is 2.77 bits per heavy atom. The van der Waals surface area contributed by atoms with E-state index in [1.807, 2.05) is 13.0 Å². The number of amides is 1. The van der Waals surface area contributed by atoms with E-state index < -0.39 is 5.91 Å². The molecule has 0 aromatic heterocycles. The lowest BCUT2D eigenvalue weighted by atomic mass is 10.1. The topological polar surface area (TPSA) is 63.3 Å². The molecule has 3 heteroatoms. The van der Waals surface area contributed by atoms with Crippen molar-refractivity contribution in [1.29, 1.82) is 0 Å². The first kappa shape index (κ1) is 9.32. The predicted octanol–water partition coefficient (Wildman–Crippen LogP) is 1.20. The van der Waals surface area contributed by atoms with Crippen molar-refractivity contribution in [2.24, 2.45) is 5.73 Å². The lowest BCUT2D eigenvalue weighted by Crippen LogP contribution is -2.05. The van der Waals surface area contributed by atoms with E-state index in [9.17, 15) is 9.90 Å². The molecule has 0 saturated heterocycles. The van der Waals surface area contributed by atoms with Gasteiger partial charge >= 0.3 is 0 Å². The molecule has 68 valence electrons. The molecular weight excluding hydrogens is 166 g/mol. The van der Waals surface area contributed by atoms with Gasteiger partial charge in [-0.25, -0.2) is 0 Å². The number of phenols is 1. The summed E-state index contributed by atoms with van der Waals surface area (Å²) in [5.74, 6) is -0.377. The number of carbonyl (C=O) groups is 1. The van der Waals surface area contributed by atoms with Crippen LogP contribution in [-0.2, 0) is 4.79 Å². The van der Waals surface area contributed by atoms with Crippen molar-refractivity contribution >= 4 is 12.0 Å². The Hall–Kier alpha value is -1.77. The highest BCUT2D eigenvalue weighted by atomic mass is 16.3. The molecular formula is C10H11NO2. The maximum atomic E-state index is 10.4. The molecule has 3 nitrogen and oxygen atoms in total. The molecule has 0 aliphatic carbocycles. The van der Waals surface area contributed by atoms with Crippen LogP contribution in [0.1, 0.15) is 11.1 Å². The number of nitrogens with two attached hydrogens (primary N) is 1. The first-order valence-electron chi connectivity index (χ1n) is 3.87. The maximum absolute atomic E-state index is 10.4. The monoisotopic (exact) mass is 177 g/mol. The zero-order valence-corrected chi connectivity index (χ0v) is 7.32. The maximum Gasteiger partial charge on any atom is 0.241 e. The summed E-state index contributed by atoms with van der Waals surface area (Å²) in [7, 11) is 0. The van der Waals surface area contributed by atoms with E-state index in [0.29, 0.717) is 5.56 Å². The van der Waals surface area contributed by atoms with Crippen molar-refractivity contribution in [3.63, 3.8) is 0 Å². The number of phenolic OH excluding ortho intramolecular Hbond substituents is 1. The fourth-order valence-corrected chi connectivity index (χ4v) is 0.967. The minimum atomic E-state index is -0.528. The third-order valence-corrected chi connectivity index (χ3v) is 1.61. The van der Waals surface area contributed by atoms with E-state index in [1.165, 1.54) is 12.2 Å². The highest BCUT2D eigenvalue weighted by Gasteiger charge is 1.96. The fraction of sp³-hybridized carbons (Fsp3) is 0.100. The van der Waals surface area contributed by atoms with Crippen LogP contribution in [0.25, 0.3) is 6.08 Å². The molecule has 0 atom stereocenters. The van der Waals surface area contributed by atoms with Gasteiger partial charge in [0.1, 0.15) is 5.75 Å². The van der Waals surface area contributed by atoms with Crippen LogP contribution in [0, 0.1) is 6.92 Å². The van der Waals surface area contributed by atoms with Gasteiger partial charge < -0.3 is 10.8 Å². The second-order valence-corrected chi connectivity index (χ2v) is 2.80. The number of aromatic hydroxyl groups is 1. The molecule has 1 rings (SSSR count). The molecule has 0 saturated carbocycles. The molecule has 0 unspecified atom stereocenters. The Morgan fingerprint density at radius 2 is 2.23 bits per heavy atom. The van der Waals surface area contributed by atoms with E-state index in [-0.39, 0.29) is 5.75 Å². The first-order chi connectivity index (χ1) is 6.09. The molecule has 0 fully saturated rings. The number of hydrogen-bond acceptors (Lipinski definition) is 2. The summed E-state index contributed by atoms with van der Waals surface area (Å²) >= 11 is 0. The molecule has 1 amide bonds. The van der Waals surface area contributed by atoms with E-state index in [0.717, 1.165) is 5.56 Å². The predicted molar refractivity (Wildman–Crippen MR) is 51.1 cm³/mol. The number of aryl methyl sites for hydroxylation is 1. The second-order valence-electron chi connectivity index (χ2n) is 2.80. The zero-order valence-electron chi connectivity index (χ0n) is 7.32. The Bertz CT molecular complexity index is 356. The molecule has 0 bridgehead atoms. The average molecular weight is 177 g/mol. The van der Waals surface area contributed by atoms with Gasteiger partial charge in [0.25, 0.3) is 0 Å². The second kappa shape index (κ2) is 3.76. The van der Waals surface area contributed by atoms with Crippen LogP contribution in [0.2, 0.25) is 0 Å². The summed E-state index contributed by atoms with van der Waals surface area (Å²) in [6.45, 7) is 1.88. The van der Waals surface area contributed by atoms with Crippen molar-refractivity contribution in [2.75, 3.05) is 0 Å². The van der Waals surface area contributed by atoms with Crippen LogP contribution in [0.4, 0.5) is 0 Å².